The molecule has 14 heavy (non-hydrogen) atoms. The van der Waals surface area contributed by atoms with Crippen LogP contribution in [0.2, 0.25) is 0 Å². The molecular weight excluding hydrogens is 182 g/mol. The third kappa shape index (κ3) is 3.01. The highest BCUT2D eigenvalue weighted by molar-refractivity contribution is 5.67. The molecule has 1 heterocycles. The number of methoxy groups -OCH3 is 1. The lowest BCUT2D eigenvalue weighted by atomic mass is 9.94. The van der Waals surface area contributed by atoms with E-state index in [1.54, 1.807) is 4.90 Å². The molecule has 0 spiro atoms. The Morgan fingerprint density at radius 1 is 1.64 bits per heavy atom. The Hall–Kier alpha value is -1.06. The zero-order chi connectivity index (χ0) is 10.4. The Kier molecular flexibility index (Phi) is 4.43. The van der Waals surface area contributed by atoms with E-state index in [-0.39, 0.29) is 6.09 Å². The largest absolute Gasteiger partial charge is 0.453 e. The average molecular weight is 199 g/mol. The summed E-state index contributed by atoms with van der Waals surface area (Å²) in [7, 11) is 1.40. The van der Waals surface area contributed by atoms with Gasteiger partial charge in [0.25, 0.3) is 0 Å². The second-order valence-electron chi connectivity index (χ2n) is 3.67. The highest BCUT2D eigenvalue weighted by Crippen LogP contribution is 2.20. The summed E-state index contributed by atoms with van der Waals surface area (Å²) < 4.78 is 4.66. The molecule has 80 valence electrons. The van der Waals surface area contributed by atoms with Crippen molar-refractivity contribution >= 4 is 12.4 Å². The van der Waals surface area contributed by atoms with Crippen LogP contribution in [0.4, 0.5) is 4.79 Å². The summed E-state index contributed by atoms with van der Waals surface area (Å²) in [6.07, 6.45) is 4.30. The first-order valence-corrected chi connectivity index (χ1v) is 5.04. The Morgan fingerprint density at radius 2 is 2.43 bits per heavy atom. The van der Waals surface area contributed by atoms with Gasteiger partial charge >= 0.3 is 6.09 Å². The number of rotatable bonds is 3. The zero-order valence-electron chi connectivity index (χ0n) is 8.57. The van der Waals surface area contributed by atoms with Crippen molar-refractivity contribution in [3.63, 3.8) is 0 Å². The number of amides is 1. The number of hydrogen-bond acceptors (Lipinski definition) is 3. The topological polar surface area (TPSA) is 46.6 Å². The van der Waals surface area contributed by atoms with Crippen LogP contribution in [-0.2, 0) is 9.53 Å². The molecule has 0 saturated carbocycles. The molecule has 1 fully saturated rings. The maximum absolute atomic E-state index is 11.2. The van der Waals surface area contributed by atoms with Crippen molar-refractivity contribution in [2.24, 2.45) is 5.92 Å². The van der Waals surface area contributed by atoms with Gasteiger partial charge in [0.15, 0.2) is 0 Å². The van der Waals surface area contributed by atoms with Gasteiger partial charge in [-0.2, -0.15) is 0 Å². The molecule has 0 aromatic rings. The van der Waals surface area contributed by atoms with Crippen LogP contribution in [0, 0.1) is 5.92 Å². The third-order valence-corrected chi connectivity index (χ3v) is 2.64. The van der Waals surface area contributed by atoms with E-state index in [0.29, 0.717) is 12.3 Å². The standard InChI is InChI=1S/C10H17NO3/c1-14-10(13)11-6-2-4-9(8-11)5-3-7-12/h7,9H,2-6,8H2,1H3. The minimum Gasteiger partial charge on any atom is -0.453 e. The van der Waals surface area contributed by atoms with Gasteiger partial charge in [-0.15, -0.1) is 0 Å². The molecule has 1 aliphatic rings. The smallest absolute Gasteiger partial charge is 0.409 e. The first-order chi connectivity index (χ1) is 6.77. The number of nitrogens with zero attached hydrogens (tertiary/aromatic N) is 1. The maximum atomic E-state index is 11.2. The molecule has 1 amide bonds. The van der Waals surface area contributed by atoms with Gasteiger partial charge in [-0.25, -0.2) is 4.79 Å². The Labute approximate surface area is 84.2 Å². The molecule has 1 atom stereocenters. The van der Waals surface area contributed by atoms with Crippen molar-refractivity contribution in [1.82, 2.24) is 4.90 Å². The maximum Gasteiger partial charge on any atom is 0.409 e. The van der Waals surface area contributed by atoms with Gasteiger partial charge in [0, 0.05) is 19.5 Å². The van der Waals surface area contributed by atoms with Crippen LogP contribution in [0.5, 0.6) is 0 Å². The number of hydrogen-bond donors (Lipinski definition) is 0. The fourth-order valence-electron chi connectivity index (χ4n) is 1.90. The van der Waals surface area contributed by atoms with E-state index in [9.17, 15) is 9.59 Å². The number of ether oxygens (including phenoxy) is 1. The number of aldehydes is 1. The summed E-state index contributed by atoms with van der Waals surface area (Å²) in [5, 5.41) is 0. The van der Waals surface area contributed by atoms with Crippen LogP contribution >= 0.6 is 0 Å². The zero-order valence-corrected chi connectivity index (χ0v) is 8.57. The SMILES string of the molecule is COC(=O)N1CCCC(CCC=O)C1. The lowest BCUT2D eigenvalue weighted by Crippen LogP contribution is -2.39. The molecule has 0 aromatic carbocycles. The van der Waals surface area contributed by atoms with Crippen molar-refractivity contribution in [3.8, 4) is 0 Å². The van der Waals surface area contributed by atoms with Crippen molar-refractivity contribution in [1.29, 1.82) is 0 Å². The Morgan fingerprint density at radius 3 is 3.07 bits per heavy atom. The summed E-state index contributed by atoms with van der Waals surface area (Å²) >= 11 is 0. The molecule has 4 heteroatoms. The summed E-state index contributed by atoms with van der Waals surface area (Å²) in [5.74, 6) is 0.466. The molecule has 1 unspecified atom stereocenters. The number of carbonyl (C=O) groups excluding carboxylic acids is 2. The molecule has 0 radical (unpaired) electrons. The van der Waals surface area contributed by atoms with Crippen LogP contribution in [-0.4, -0.2) is 37.5 Å². The summed E-state index contributed by atoms with van der Waals surface area (Å²) in [6, 6.07) is 0. The molecule has 0 bridgehead atoms. The quantitative estimate of drug-likeness (QED) is 0.646. The first kappa shape index (κ1) is 11.0. The number of carbonyl (C=O) groups is 2. The molecule has 4 nitrogen and oxygen atoms in total. The van der Waals surface area contributed by atoms with Crippen LogP contribution in [0.3, 0.4) is 0 Å². The third-order valence-electron chi connectivity index (χ3n) is 2.64. The molecule has 1 aliphatic heterocycles. The Bertz CT molecular complexity index is 206. The van der Waals surface area contributed by atoms with Crippen LogP contribution in [0.15, 0.2) is 0 Å². The van der Waals surface area contributed by atoms with Crippen molar-refractivity contribution in [3.05, 3.63) is 0 Å². The van der Waals surface area contributed by atoms with Gasteiger partial charge in [-0.05, 0) is 25.2 Å². The molecule has 0 aromatic heterocycles. The Balaban J connectivity index is 2.35. The second kappa shape index (κ2) is 5.62. The normalized spacial score (nSPS) is 21.8. The average Bonchev–Trinajstić information content (AvgIpc) is 2.25. The minimum atomic E-state index is -0.249. The van der Waals surface area contributed by atoms with Gasteiger partial charge in [0.1, 0.15) is 6.29 Å². The second-order valence-corrected chi connectivity index (χ2v) is 3.67. The van der Waals surface area contributed by atoms with Crippen LogP contribution in [0.1, 0.15) is 25.7 Å². The van der Waals surface area contributed by atoms with Gasteiger partial charge in [-0.1, -0.05) is 0 Å². The van der Waals surface area contributed by atoms with E-state index >= 15 is 0 Å². The van der Waals surface area contributed by atoms with E-state index in [1.165, 1.54) is 7.11 Å². The van der Waals surface area contributed by atoms with Crippen LogP contribution < -0.4 is 0 Å². The van der Waals surface area contributed by atoms with Crippen molar-refractivity contribution < 1.29 is 14.3 Å². The highest BCUT2D eigenvalue weighted by Gasteiger charge is 2.23. The molecule has 0 N–H and O–H groups in total. The van der Waals surface area contributed by atoms with E-state index in [0.717, 1.165) is 38.6 Å². The van der Waals surface area contributed by atoms with E-state index in [2.05, 4.69) is 4.74 Å². The van der Waals surface area contributed by atoms with Gasteiger partial charge in [0.05, 0.1) is 7.11 Å². The summed E-state index contributed by atoms with van der Waals surface area (Å²) in [4.78, 5) is 23.2. The van der Waals surface area contributed by atoms with E-state index in [1.807, 2.05) is 0 Å². The van der Waals surface area contributed by atoms with E-state index < -0.39 is 0 Å². The molecule has 0 aliphatic carbocycles. The molecule has 1 saturated heterocycles. The van der Waals surface area contributed by atoms with Crippen LogP contribution in [0.25, 0.3) is 0 Å². The molecular formula is C10H17NO3. The predicted molar refractivity (Wildman–Crippen MR) is 52.0 cm³/mol. The van der Waals surface area contributed by atoms with Gasteiger partial charge in [-0.3, -0.25) is 0 Å². The number of likely N-dealkylation sites (tertiary alicyclic amines) is 1. The lowest BCUT2D eigenvalue weighted by molar-refractivity contribution is -0.108. The van der Waals surface area contributed by atoms with Crippen molar-refractivity contribution in [2.45, 2.75) is 25.7 Å². The molecule has 1 rings (SSSR count). The highest BCUT2D eigenvalue weighted by atomic mass is 16.5. The summed E-state index contributed by atoms with van der Waals surface area (Å²) in [5.41, 5.74) is 0. The van der Waals surface area contributed by atoms with Gasteiger partial charge < -0.3 is 14.4 Å². The van der Waals surface area contributed by atoms with Gasteiger partial charge in [0.2, 0.25) is 0 Å². The first-order valence-electron chi connectivity index (χ1n) is 5.04. The monoisotopic (exact) mass is 199 g/mol. The predicted octanol–water partition coefficient (Wildman–Crippen LogP) is 1.44. The fourth-order valence-corrected chi connectivity index (χ4v) is 1.90. The number of piperidine rings is 1. The fraction of sp³-hybridized carbons (Fsp3) is 0.800. The summed E-state index contributed by atoms with van der Waals surface area (Å²) in [6.45, 7) is 1.52. The van der Waals surface area contributed by atoms with E-state index in [4.69, 9.17) is 0 Å². The van der Waals surface area contributed by atoms with Crippen molar-refractivity contribution in [2.75, 3.05) is 20.2 Å². The lowest BCUT2D eigenvalue weighted by Gasteiger charge is -2.31. The minimum absolute atomic E-state index is 0.249.